The van der Waals surface area contributed by atoms with E-state index in [1.165, 1.54) is 12.1 Å². The van der Waals surface area contributed by atoms with Gasteiger partial charge in [-0.05, 0) is 18.2 Å². The summed E-state index contributed by atoms with van der Waals surface area (Å²) in [5, 5.41) is 13.6. The highest BCUT2D eigenvalue weighted by Gasteiger charge is 2.31. The highest BCUT2D eigenvalue weighted by molar-refractivity contribution is 8.16. The fraction of sp³-hybridized carbons (Fsp3) is 0.0667. The number of nitro groups is 1. The Balaban J connectivity index is 1.75. The molecule has 0 aliphatic carbocycles. The number of amides is 1. The van der Waals surface area contributed by atoms with Crippen molar-refractivity contribution in [3.63, 3.8) is 0 Å². The van der Waals surface area contributed by atoms with Crippen molar-refractivity contribution in [3.8, 4) is 0 Å². The molecule has 1 N–H and O–H groups in total. The fourth-order valence-electron chi connectivity index (χ4n) is 2.18. The van der Waals surface area contributed by atoms with Crippen LogP contribution in [0.2, 0.25) is 0 Å². The first-order valence-electron chi connectivity index (χ1n) is 6.98. The van der Waals surface area contributed by atoms with Gasteiger partial charge in [-0.1, -0.05) is 30.0 Å². The Kier molecular flexibility index (Phi) is 4.55. The molecule has 1 amide bonds. The Morgan fingerprint density at radius 1 is 1.20 bits per heavy atom. The van der Waals surface area contributed by atoms with Crippen LogP contribution in [0.25, 0.3) is 0 Å². The van der Waals surface area contributed by atoms with Crippen molar-refractivity contribution in [2.45, 2.75) is 4.90 Å². The van der Waals surface area contributed by atoms with E-state index in [9.17, 15) is 23.3 Å². The fourth-order valence-corrected chi connectivity index (χ4v) is 4.55. The van der Waals surface area contributed by atoms with E-state index in [0.29, 0.717) is 5.69 Å². The lowest BCUT2D eigenvalue weighted by Crippen LogP contribution is -2.15. The number of rotatable bonds is 4. The number of carbonyl (C=O) groups excluding carboxylic acids is 1. The molecule has 8 nitrogen and oxygen atoms in total. The Labute approximate surface area is 147 Å². The quantitative estimate of drug-likeness (QED) is 0.645. The Hall–Kier alpha value is -2.72. The molecule has 2 aromatic rings. The molecule has 0 unspecified atom stereocenters. The first-order valence-corrected chi connectivity index (χ1v) is 9.41. The number of benzene rings is 2. The smallest absolute Gasteiger partial charge is 0.284 e. The lowest BCUT2D eigenvalue weighted by Gasteiger charge is -2.05. The molecule has 0 bridgehead atoms. The number of para-hydroxylation sites is 1. The molecule has 3 rings (SSSR count). The van der Waals surface area contributed by atoms with Gasteiger partial charge < -0.3 is 5.32 Å². The summed E-state index contributed by atoms with van der Waals surface area (Å²) in [6.45, 7) is 0. The van der Waals surface area contributed by atoms with Crippen LogP contribution in [0.3, 0.4) is 0 Å². The van der Waals surface area contributed by atoms with Crippen molar-refractivity contribution in [1.29, 1.82) is 0 Å². The molecule has 0 saturated carbocycles. The summed E-state index contributed by atoms with van der Waals surface area (Å²) in [6.07, 6.45) is 0. The van der Waals surface area contributed by atoms with Gasteiger partial charge in [0.05, 0.1) is 10.7 Å². The zero-order valence-electron chi connectivity index (χ0n) is 12.6. The highest BCUT2D eigenvalue weighted by atomic mass is 32.2. The van der Waals surface area contributed by atoms with E-state index in [1.54, 1.807) is 24.3 Å². The molecule has 0 aromatic heterocycles. The minimum absolute atomic E-state index is 0.0420. The van der Waals surface area contributed by atoms with Gasteiger partial charge in [0.1, 0.15) is 9.94 Å². The number of hydrogen-bond donors (Lipinski definition) is 1. The summed E-state index contributed by atoms with van der Waals surface area (Å²) in [4.78, 5) is 21.9. The first-order chi connectivity index (χ1) is 11.9. The number of carbonyl (C=O) groups is 1. The Bertz CT molecular complexity index is 987. The van der Waals surface area contributed by atoms with Crippen LogP contribution in [0.4, 0.5) is 11.4 Å². The number of sulfonamides is 1. The van der Waals surface area contributed by atoms with E-state index in [2.05, 4.69) is 9.71 Å². The average molecular weight is 377 g/mol. The molecule has 1 heterocycles. The van der Waals surface area contributed by atoms with Gasteiger partial charge in [0.2, 0.25) is 5.91 Å². The van der Waals surface area contributed by atoms with E-state index >= 15 is 0 Å². The molecule has 0 saturated heterocycles. The number of anilines is 1. The third-order valence-corrected chi connectivity index (χ3v) is 5.71. The molecule has 1 aliphatic rings. The molecular formula is C15H11N3O5S2. The summed E-state index contributed by atoms with van der Waals surface area (Å²) in [5.41, 5.74) is 0.568. The van der Waals surface area contributed by atoms with Crippen molar-refractivity contribution in [1.82, 2.24) is 0 Å². The molecule has 10 heteroatoms. The standard InChI is InChI=1S/C15H11N3O5S2/c19-14(16-10-4-2-1-3-5-10)9-24-15-12-7-6-11(18(20)21)8-13(12)25(22,23)17-15/h1-8H,9H2,(H,16,19). The van der Waals surface area contributed by atoms with Gasteiger partial charge in [-0.15, -0.1) is 0 Å². The molecule has 128 valence electrons. The zero-order valence-corrected chi connectivity index (χ0v) is 14.2. The molecule has 25 heavy (non-hydrogen) atoms. The maximum Gasteiger partial charge on any atom is 0.284 e. The molecular weight excluding hydrogens is 366 g/mol. The summed E-state index contributed by atoms with van der Waals surface area (Å²) in [5.74, 6) is -0.355. The predicted molar refractivity (Wildman–Crippen MR) is 94.3 cm³/mol. The molecule has 0 fully saturated rings. The number of nitrogens with zero attached hydrogens (tertiary/aromatic N) is 2. The van der Waals surface area contributed by atoms with Gasteiger partial charge in [0.15, 0.2) is 0 Å². The van der Waals surface area contributed by atoms with Crippen LogP contribution in [-0.2, 0) is 14.8 Å². The van der Waals surface area contributed by atoms with E-state index in [-0.39, 0.29) is 32.9 Å². The summed E-state index contributed by atoms with van der Waals surface area (Å²) in [7, 11) is -3.99. The summed E-state index contributed by atoms with van der Waals surface area (Å²) in [6, 6.07) is 12.4. The van der Waals surface area contributed by atoms with Crippen LogP contribution in [0.1, 0.15) is 5.56 Å². The van der Waals surface area contributed by atoms with Gasteiger partial charge in [-0.3, -0.25) is 14.9 Å². The van der Waals surface area contributed by atoms with Crippen molar-refractivity contribution < 1.29 is 18.1 Å². The van der Waals surface area contributed by atoms with Crippen LogP contribution in [0.15, 0.2) is 57.8 Å². The summed E-state index contributed by atoms with van der Waals surface area (Å²) < 4.78 is 27.7. The molecule has 0 spiro atoms. The number of nitro benzene ring substituents is 1. The van der Waals surface area contributed by atoms with Crippen molar-refractivity contribution in [2.75, 3.05) is 11.1 Å². The van der Waals surface area contributed by atoms with Crippen LogP contribution < -0.4 is 5.32 Å². The Morgan fingerprint density at radius 3 is 2.60 bits per heavy atom. The zero-order chi connectivity index (χ0) is 18.0. The second-order valence-corrected chi connectivity index (χ2v) is 7.55. The number of nitrogens with one attached hydrogen (secondary N) is 1. The third kappa shape index (κ3) is 3.69. The SMILES string of the molecule is O=C(CSC1=NS(=O)(=O)c2cc([N+](=O)[O-])ccc21)Nc1ccccc1. The highest BCUT2D eigenvalue weighted by Crippen LogP contribution is 2.33. The first kappa shape index (κ1) is 17.1. The van der Waals surface area contributed by atoms with Crippen molar-refractivity contribution in [2.24, 2.45) is 4.40 Å². The second kappa shape index (κ2) is 6.65. The summed E-state index contributed by atoms with van der Waals surface area (Å²) >= 11 is 0.960. The maximum absolute atomic E-state index is 12.0. The number of hydrogen-bond acceptors (Lipinski definition) is 6. The molecule has 1 aliphatic heterocycles. The van der Waals surface area contributed by atoms with Crippen LogP contribution in [-0.4, -0.2) is 30.0 Å². The monoisotopic (exact) mass is 377 g/mol. The maximum atomic E-state index is 12.0. The molecule has 0 atom stereocenters. The number of thioether (sulfide) groups is 1. The molecule has 0 radical (unpaired) electrons. The van der Waals surface area contributed by atoms with Crippen molar-refractivity contribution in [3.05, 3.63) is 64.2 Å². The van der Waals surface area contributed by atoms with Gasteiger partial charge in [0, 0.05) is 23.4 Å². The van der Waals surface area contributed by atoms with E-state index in [4.69, 9.17) is 0 Å². The normalized spacial score (nSPS) is 14.5. The second-order valence-electron chi connectivity index (χ2n) is 5.01. The van der Waals surface area contributed by atoms with Crippen molar-refractivity contribution >= 4 is 44.1 Å². The predicted octanol–water partition coefficient (Wildman–Crippen LogP) is 2.42. The lowest BCUT2D eigenvalue weighted by atomic mass is 10.2. The lowest BCUT2D eigenvalue weighted by molar-refractivity contribution is -0.385. The largest absolute Gasteiger partial charge is 0.325 e. The topological polar surface area (TPSA) is 119 Å². The van der Waals surface area contributed by atoms with E-state index in [0.717, 1.165) is 17.8 Å². The number of non-ortho nitro benzene ring substituents is 1. The van der Waals surface area contributed by atoms with Gasteiger partial charge >= 0.3 is 0 Å². The molecule has 2 aromatic carbocycles. The minimum atomic E-state index is -3.99. The van der Waals surface area contributed by atoms with Gasteiger partial charge in [-0.25, -0.2) is 0 Å². The van der Waals surface area contributed by atoms with E-state index < -0.39 is 14.9 Å². The van der Waals surface area contributed by atoms with Crippen LogP contribution >= 0.6 is 11.8 Å². The van der Waals surface area contributed by atoms with Crippen LogP contribution in [0.5, 0.6) is 0 Å². The Morgan fingerprint density at radius 2 is 1.92 bits per heavy atom. The minimum Gasteiger partial charge on any atom is -0.325 e. The average Bonchev–Trinajstić information content (AvgIpc) is 2.84. The van der Waals surface area contributed by atoms with Crippen LogP contribution in [0, 0.1) is 10.1 Å². The number of fused-ring (bicyclic) bond motifs is 1. The van der Waals surface area contributed by atoms with Gasteiger partial charge in [-0.2, -0.15) is 12.8 Å². The van der Waals surface area contributed by atoms with Gasteiger partial charge in [0.25, 0.3) is 15.7 Å². The third-order valence-electron chi connectivity index (χ3n) is 3.28. The van der Waals surface area contributed by atoms with E-state index in [1.807, 2.05) is 6.07 Å².